The molecule has 0 aromatic heterocycles. The highest BCUT2D eigenvalue weighted by Gasteiger charge is 2.05. The zero-order valence-electron chi connectivity index (χ0n) is 9.33. The van der Waals surface area contributed by atoms with Crippen molar-refractivity contribution in [2.24, 2.45) is 0 Å². The number of aliphatic hydroxyl groups is 1. The molecule has 0 heterocycles. The molecule has 0 unspecified atom stereocenters. The topological polar surface area (TPSA) is 20.2 Å². The van der Waals surface area contributed by atoms with Crippen molar-refractivity contribution in [3.8, 4) is 11.8 Å². The van der Waals surface area contributed by atoms with Gasteiger partial charge in [0, 0.05) is 5.56 Å². The van der Waals surface area contributed by atoms with Crippen LogP contribution in [0.25, 0.3) is 0 Å². The van der Waals surface area contributed by atoms with E-state index in [1.807, 2.05) is 44.2 Å². The van der Waals surface area contributed by atoms with Gasteiger partial charge in [0.2, 0.25) is 0 Å². The number of rotatable bonds is 0. The molecule has 1 heteroatoms. The molecule has 0 aliphatic carbocycles. The summed E-state index contributed by atoms with van der Waals surface area (Å²) in [5, 5.41) is 9.31. The second-order valence-electron chi connectivity index (χ2n) is 3.18. The van der Waals surface area contributed by atoms with Crippen LogP contribution < -0.4 is 0 Å². The summed E-state index contributed by atoms with van der Waals surface area (Å²) in [7, 11) is 0. The molecule has 0 aliphatic rings. The fourth-order valence-electron chi connectivity index (χ4n) is 0.747. The van der Waals surface area contributed by atoms with Gasteiger partial charge in [-0.25, -0.2) is 0 Å². The molecule has 0 saturated carbocycles. The standard InChI is InChI=1S/C11H12O.C2H6/c1-11(2,12)9-8-10-6-4-3-5-7-10;1-2/h3-7,12H,1-2H3;1-2H3. The quantitative estimate of drug-likeness (QED) is 0.624. The Morgan fingerprint density at radius 2 is 1.57 bits per heavy atom. The van der Waals surface area contributed by atoms with Gasteiger partial charge < -0.3 is 5.11 Å². The highest BCUT2D eigenvalue weighted by atomic mass is 16.3. The molecular formula is C13H18O. The summed E-state index contributed by atoms with van der Waals surface area (Å²) in [5.74, 6) is 5.63. The van der Waals surface area contributed by atoms with E-state index in [1.165, 1.54) is 0 Å². The summed E-state index contributed by atoms with van der Waals surface area (Å²) in [4.78, 5) is 0. The van der Waals surface area contributed by atoms with Crippen LogP contribution in [-0.4, -0.2) is 10.7 Å². The Hall–Kier alpha value is -1.26. The Balaban J connectivity index is 0.000000791. The van der Waals surface area contributed by atoms with Crippen LogP contribution in [0.3, 0.4) is 0 Å². The van der Waals surface area contributed by atoms with Gasteiger partial charge in [0.25, 0.3) is 0 Å². The van der Waals surface area contributed by atoms with Gasteiger partial charge in [-0.3, -0.25) is 0 Å². The highest BCUT2D eigenvalue weighted by Crippen LogP contribution is 2.00. The van der Waals surface area contributed by atoms with E-state index < -0.39 is 5.60 Å². The molecule has 0 saturated heterocycles. The van der Waals surface area contributed by atoms with Gasteiger partial charge in [0.05, 0.1) is 0 Å². The van der Waals surface area contributed by atoms with Crippen LogP contribution in [0.15, 0.2) is 30.3 Å². The Bertz CT molecular complexity index is 295. The van der Waals surface area contributed by atoms with Crippen LogP contribution in [0.1, 0.15) is 33.3 Å². The van der Waals surface area contributed by atoms with Crippen molar-refractivity contribution in [1.82, 2.24) is 0 Å². The molecule has 1 aromatic rings. The average molecular weight is 190 g/mol. The third kappa shape index (κ3) is 6.28. The number of hydrogen-bond acceptors (Lipinski definition) is 1. The minimum Gasteiger partial charge on any atom is -0.378 e. The van der Waals surface area contributed by atoms with Crippen molar-refractivity contribution in [1.29, 1.82) is 0 Å². The Morgan fingerprint density at radius 3 is 2.00 bits per heavy atom. The van der Waals surface area contributed by atoms with E-state index in [2.05, 4.69) is 11.8 Å². The molecule has 0 spiro atoms. The average Bonchev–Trinajstić information content (AvgIpc) is 2.19. The van der Waals surface area contributed by atoms with Crippen LogP contribution in [-0.2, 0) is 0 Å². The molecule has 0 bridgehead atoms. The third-order valence-electron chi connectivity index (χ3n) is 1.29. The van der Waals surface area contributed by atoms with Gasteiger partial charge in [-0.15, -0.1) is 0 Å². The van der Waals surface area contributed by atoms with E-state index in [4.69, 9.17) is 0 Å². The lowest BCUT2D eigenvalue weighted by atomic mass is 10.1. The molecule has 0 amide bonds. The maximum Gasteiger partial charge on any atom is 0.120 e. The van der Waals surface area contributed by atoms with Crippen molar-refractivity contribution in [2.45, 2.75) is 33.3 Å². The van der Waals surface area contributed by atoms with E-state index in [0.29, 0.717) is 0 Å². The van der Waals surface area contributed by atoms with E-state index in [1.54, 1.807) is 13.8 Å². The van der Waals surface area contributed by atoms with Gasteiger partial charge in [0.1, 0.15) is 5.60 Å². The Kier molecular flexibility index (Phi) is 5.67. The zero-order chi connectivity index (χ0) is 11.0. The summed E-state index contributed by atoms with van der Waals surface area (Å²) in [5.41, 5.74) is 0.0233. The van der Waals surface area contributed by atoms with Crippen LogP contribution in [0.5, 0.6) is 0 Å². The molecule has 0 fully saturated rings. The van der Waals surface area contributed by atoms with Gasteiger partial charge in [0.15, 0.2) is 0 Å². The van der Waals surface area contributed by atoms with E-state index in [0.717, 1.165) is 5.56 Å². The zero-order valence-corrected chi connectivity index (χ0v) is 9.33. The molecule has 0 atom stereocenters. The largest absolute Gasteiger partial charge is 0.378 e. The lowest BCUT2D eigenvalue weighted by Crippen LogP contribution is -2.14. The molecule has 1 nitrogen and oxygen atoms in total. The smallest absolute Gasteiger partial charge is 0.120 e. The van der Waals surface area contributed by atoms with E-state index in [9.17, 15) is 5.11 Å². The maximum atomic E-state index is 9.31. The van der Waals surface area contributed by atoms with Crippen LogP contribution in [0.4, 0.5) is 0 Å². The first-order valence-electron chi connectivity index (χ1n) is 4.88. The molecule has 76 valence electrons. The maximum absolute atomic E-state index is 9.31. The van der Waals surface area contributed by atoms with E-state index in [-0.39, 0.29) is 0 Å². The first-order valence-corrected chi connectivity index (χ1v) is 4.88. The second-order valence-corrected chi connectivity index (χ2v) is 3.18. The van der Waals surface area contributed by atoms with Crippen LogP contribution >= 0.6 is 0 Å². The van der Waals surface area contributed by atoms with Gasteiger partial charge in [-0.2, -0.15) is 0 Å². The predicted octanol–water partition coefficient (Wildman–Crippen LogP) is 2.84. The normalized spacial score (nSPS) is 9.21. The summed E-state index contributed by atoms with van der Waals surface area (Å²) in [6.45, 7) is 7.34. The predicted molar refractivity (Wildman–Crippen MR) is 61.0 cm³/mol. The molecule has 0 radical (unpaired) electrons. The first-order chi connectivity index (χ1) is 6.58. The van der Waals surface area contributed by atoms with Crippen molar-refractivity contribution in [3.05, 3.63) is 35.9 Å². The van der Waals surface area contributed by atoms with Crippen LogP contribution in [0, 0.1) is 11.8 Å². The fraction of sp³-hybridized carbons (Fsp3) is 0.385. The number of hydrogen-bond donors (Lipinski definition) is 1. The summed E-state index contributed by atoms with van der Waals surface area (Å²) in [6, 6.07) is 9.62. The number of benzene rings is 1. The van der Waals surface area contributed by atoms with Crippen molar-refractivity contribution < 1.29 is 5.11 Å². The SMILES string of the molecule is CC.CC(C)(O)C#Cc1ccccc1. The molecule has 1 N–H and O–H groups in total. The van der Waals surface area contributed by atoms with Crippen LogP contribution in [0.2, 0.25) is 0 Å². The molecule has 1 rings (SSSR count). The Labute approximate surface area is 86.8 Å². The molecule has 1 aromatic carbocycles. The van der Waals surface area contributed by atoms with Gasteiger partial charge >= 0.3 is 0 Å². The summed E-state index contributed by atoms with van der Waals surface area (Å²) < 4.78 is 0. The summed E-state index contributed by atoms with van der Waals surface area (Å²) in [6.07, 6.45) is 0. The van der Waals surface area contributed by atoms with E-state index >= 15 is 0 Å². The molecule has 14 heavy (non-hydrogen) atoms. The summed E-state index contributed by atoms with van der Waals surface area (Å²) >= 11 is 0. The lowest BCUT2D eigenvalue weighted by Gasteiger charge is -2.05. The fourth-order valence-corrected chi connectivity index (χ4v) is 0.747. The Morgan fingerprint density at radius 1 is 1.07 bits per heavy atom. The monoisotopic (exact) mass is 190 g/mol. The van der Waals surface area contributed by atoms with Crippen molar-refractivity contribution in [3.63, 3.8) is 0 Å². The highest BCUT2D eigenvalue weighted by molar-refractivity contribution is 5.35. The first kappa shape index (κ1) is 12.7. The van der Waals surface area contributed by atoms with Crippen molar-refractivity contribution >= 4 is 0 Å². The van der Waals surface area contributed by atoms with Crippen molar-refractivity contribution in [2.75, 3.05) is 0 Å². The lowest BCUT2D eigenvalue weighted by molar-refractivity contribution is 0.143. The second kappa shape index (κ2) is 6.23. The van der Waals surface area contributed by atoms with Gasteiger partial charge in [-0.05, 0) is 26.0 Å². The minimum atomic E-state index is -0.907. The molecule has 0 aliphatic heterocycles. The third-order valence-corrected chi connectivity index (χ3v) is 1.29. The molecular weight excluding hydrogens is 172 g/mol. The van der Waals surface area contributed by atoms with Gasteiger partial charge in [-0.1, -0.05) is 43.9 Å². The minimum absolute atomic E-state index is 0.907.